The number of carbonyl (C=O) groups is 1. The van der Waals surface area contributed by atoms with Crippen molar-refractivity contribution in [1.82, 2.24) is 9.88 Å². The molecule has 0 unspecified atom stereocenters. The molecule has 0 radical (unpaired) electrons. The Bertz CT molecular complexity index is 441. The van der Waals surface area contributed by atoms with Crippen molar-refractivity contribution in [2.24, 2.45) is 0 Å². The third-order valence-corrected chi connectivity index (χ3v) is 4.60. The number of aryl methyl sites for hydroxylation is 1. The first kappa shape index (κ1) is 14.3. The van der Waals surface area contributed by atoms with Crippen LogP contribution in [0.3, 0.4) is 0 Å². The molecule has 0 spiro atoms. The summed E-state index contributed by atoms with van der Waals surface area (Å²) in [6.45, 7) is 2.19. The fourth-order valence-corrected chi connectivity index (χ4v) is 3.49. The van der Waals surface area contributed by atoms with Crippen LogP contribution in [0.15, 0.2) is 0 Å². The Kier molecular flexibility index (Phi) is 4.76. The minimum absolute atomic E-state index is 0.00439. The van der Waals surface area contributed by atoms with Gasteiger partial charge in [0.1, 0.15) is 4.88 Å². The normalized spacial score (nSPS) is 16.5. The Hall–Kier alpha value is -1.14. The molecule has 106 valence electrons. The molecule has 0 bridgehead atoms. The Balaban J connectivity index is 2.17. The molecule has 3 N–H and O–H groups in total. The van der Waals surface area contributed by atoms with E-state index in [0.717, 1.165) is 25.7 Å². The first-order valence-electron chi connectivity index (χ1n) is 6.78. The van der Waals surface area contributed by atoms with Gasteiger partial charge in [-0.3, -0.25) is 4.79 Å². The van der Waals surface area contributed by atoms with Gasteiger partial charge >= 0.3 is 0 Å². The summed E-state index contributed by atoms with van der Waals surface area (Å²) in [6, 6.07) is 0.246. The molecule has 1 aromatic heterocycles. The molecule has 6 heteroatoms. The summed E-state index contributed by atoms with van der Waals surface area (Å²) in [5, 5.41) is 9.63. The zero-order chi connectivity index (χ0) is 13.8. The van der Waals surface area contributed by atoms with E-state index in [2.05, 4.69) is 4.98 Å². The van der Waals surface area contributed by atoms with Gasteiger partial charge < -0.3 is 15.7 Å². The van der Waals surface area contributed by atoms with Crippen molar-refractivity contribution in [3.8, 4) is 0 Å². The zero-order valence-electron chi connectivity index (χ0n) is 11.3. The number of nitrogens with zero attached hydrogens (tertiary/aromatic N) is 2. The Morgan fingerprint density at radius 1 is 1.47 bits per heavy atom. The van der Waals surface area contributed by atoms with Crippen LogP contribution in [0, 0.1) is 6.92 Å². The molecule has 1 fully saturated rings. The van der Waals surface area contributed by atoms with Gasteiger partial charge in [-0.05, 0) is 19.8 Å². The minimum atomic E-state index is -0.0346. The predicted molar refractivity (Wildman–Crippen MR) is 76.3 cm³/mol. The van der Waals surface area contributed by atoms with E-state index in [1.165, 1.54) is 17.8 Å². The first-order valence-corrected chi connectivity index (χ1v) is 7.60. The van der Waals surface area contributed by atoms with Crippen LogP contribution in [0.5, 0.6) is 0 Å². The maximum absolute atomic E-state index is 12.6. The van der Waals surface area contributed by atoms with E-state index in [4.69, 9.17) is 5.73 Å². The summed E-state index contributed by atoms with van der Waals surface area (Å²) >= 11 is 1.23. The third kappa shape index (κ3) is 3.25. The van der Waals surface area contributed by atoms with Gasteiger partial charge in [-0.25, -0.2) is 4.98 Å². The number of carbonyl (C=O) groups excluding carboxylic acids is 1. The molecule has 0 atom stereocenters. The van der Waals surface area contributed by atoms with Crippen LogP contribution < -0.4 is 5.73 Å². The van der Waals surface area contributed by atoms with Crippen molar-refractivity contribution in [3.63, 3.8) is 0 Å². The minimum Gasteiger partial charge on any atom is -0.395 e. The number of hydrogen-bond acceptors (Lipinski definition) is 5. The van der Waals surface area contributed by atoms with Gasteiger partial charge in [-0.1, -0.05) is 30.6 Å². The number of thiazole rings is 1. The highest BCUT2D eigenvalue weighted by atomic mass is 32.1. The molecule has 1 aliphatic rings. The molecule has 5 nitrogen and oxygen atoms in total. The average molecular weight is 283 g/mol. The van der Waals surface area contributed by atoms with Crippen LogP contribution in [-0.2, 0) is 0 Å². The van der Waals surface area contributed by atoms with Crippen LogP contribution in [0.25, 0.3) is 0 Å². The lowest BCUT2D eigenvalue weighted by atomic mass is 9.94. The standard InChI is InChI=1S/C13H21N3O2S/c1-9-11(19-13(14)15-9)12(18)16(7-8-17)10-5-3-2-4-6-10/h10,17H,2-8H2,1H3,(H2,14,15). The summed E-state index contributed by atoms with van der Waals surface area (Å²) in [5.74, 6) is -0.0346. The largest absolute Gasteiger partial charge is 0.395 e. The second kappa shape index (κ2) is 6.34. The molecule has 1 aliphatic carbocycles. The SMILES string of the molecule is Cc1nc(N)sc1C(=O)N(CCO)C1CCCCC1. The first-order chi connectivity index (χ1) is 9.13. The highest BCUT2D eigenvalue weighted by molar-refractivity contribution is 7.17. The van der Waals surface area contributed by atoms with Crippen LogP contribution >= 0.6 is 11.3 Å². The van der Waals surface area contributed by atoms with Gasteiger partial charge in [0, 0.05) is 12.6 Å². The highest BCUT2D eigenvalue weighted by Crippen LogP contribution is 2.27. The van der Waals surface area contributed by atoms with Gasteiger partial charge in [0.2, 0.25) is 0 Å². The van der Waals surface area contributed by atoms with E-state index >= 15 is 0 Å². The second-order valence-electron chi connectivity index (χ2n) is 4.98. The smallest absolute Gasteiger partial charge is 0.266 e. The van der Waals surface area contributed by atoms with E-state index in [-0.39, 0.29) is 18.6 Å². The number of anilines is 1. The Morgan fingerprint density at radius 3 is 2.68 bits per heavy atom. The third-order valence-electron chi connectivity index (χ3n) is 3.62. The van der Waals surface area contributed by atoms with Crippen molar-refractivity contribution >= 4 is 22.4 Å². The molecule has 0 aliphatic heterocycles. The lowest BCUT2D eigenvalue weighted by Crippen LogP contribution is -2.43. The second-order valence-corrected chi connectivity index (χ2v) is 6.01. The molecule has 1 aromatic rings. The van der Waals surface area contributed by atoms with Gasteiger partial charge in [-0.2, -0.15) is 0 Å². The van der Waals surface area contributed by atoms with E-state index in [1.54, 1.807) is 11.8 Å². The zero-order valence-corrected chi connectivity index (χ0v) is 12.1. The molecule has 1 amide bonds. The molecule has 1 heterocycles. The Labute approximate surface area is 117 Å². The number of aromatic nitrogens is 1. The maximum atomic E-state index is 12.6. The number of amides is 1. The van der Waals surface area contributed by atoms with Crippen molar-refractivity contribution in [2.45, 2.75) is 45.1 Å². The maximum Gasteiger partial charge on any atom is 0.266 e. The van der Waals surface area contributed by atoms with Crippen molar-refractivity contribution < 1.29 is 9.90 Å². The van der Waals surface area contributed by atoms with Gasteiger partial charge in [0.25, 0.3) is 5.91 Å². The summed E-state index contributed by atoms with van der Waals surface area (Å²) in [7, 11) is 0. The van der Waals surface area contributed by atoms with E-state index in [1.807, 2.05) is 0 Å². The summed E-state index contributed by atoms with van der Waals surface area (Å²) < 4.78 is 0. The lowest BCUT2D eigenvalue weighted by Gasteiger charge is -2.33. The van der Waals surface area contributed by atoms with E-state index < -0.39 is 0 Å². The summed E-state index contributed by atoms with van der Waals surface area (Å²) in [4.78, 5) is 19.1. The highest BCUT2D eigenvalue weighted by Gasteiger charge is 2.28. The molecule has 0 saturated heterocycles. The predicted octanol–water partition coefficient (Wildman–Crippen LogP) is 1.80. The van der Waals surface area contributed by atoms with Crippen LogP contribution in [0.1, 0.15) is 47.5 Å². The number of rotatable bonds is 4. The molecule has 19 heavy (non-hydrogen) atoms. The number of nitrogen functional groups attached to an aromatic ring is 1. The van der Waals surface area contributed by atoms with E-state index in [9.17, 15) is 9.90 Å². The summed E-state index contributed by atoms with van der Waals surface area (Å²) in [5.41, 5.74) is 6.34. The molecule has 0 aromatic carbocycles. The topological polar surface area (TPSA) is 79.5 Å². The van der Waals surface area contributed by atoms with Gasteiger partial charge in [0.05, 0.1) is 12.3 Å². The monoisotopic (exact) mass is 283 g/mol. The molecular weight excluding hydrogens is 262 g/mol. The Morgan fingerprint density at radius 2 is 2.16 bits per heavy atom. The van der Waals surface area contributed by atoms with Crippen LogP contribution in [0.4, 0.5) is 5.13 Å². The van der Waals surface area contributed by atoms with Crippen molar-refractivity contribution in [3.05, 3.63) is 10.6 Å². The quantitative estimate of drug-likeness (QED) is 0.883. The summed E-state index contributed by atoms with van der Waals surface area (Å²) in [6.07, 6.45) is 5.61. The van der Waals surface area contributed by atoms with Crippen molar-refractivity contribution in [2.75, 3.05) is 18.9 Å². The van der Waals surface area contributed by atoms with Gasteiger partial charge in [-0.15, -0.1) is 0 Å². The van der Waals surface area contributed by atoms with Gasteiger partial charge in [0.15, 0.2) is 5.13 Å². The number of aliphatic hydroxyl groups excluding tert-OH is 1. The fourth-order valence-electron chi connectivity index (χ4n) is 2.70. The number of hydrogen-bond donors (Lipinski definition) is 2. The molecular formula is C13H21N3O2S. The average Bonchev–Trinajstić information content (AvgIpc) is 2.75. The number of aliphatic hydroxyl groups is 1. The van der Waals surface area contributed by atoms with E-state index in [0.29, 0.717) is 22.2 Å². The fraction of sp³-hybridized carbons (Fsp3) is 0.692. The van der Waals surface area contributed by atoms with Crippen molar-refractivity contribution in [1.29, 1.82) is 0 Å². The van der Waals surface area contributed by atoms with Crippen LogP contribution in [0.2, 0.25) is 0 Å². The molecule has 1 saturated carbocycles. The van der Waals surface area contributed by atoms with Crippen LogP contribution in [-0.4, -0.2) is 40.1 Å². The lowest BCUT2D eigenvalue weighted by molar-refractivity contribution is 0.0589. The molecule has 2 rings (SSSR count). The number of nitrogens with two attached hydrogens (primary N) is 1.